The summed E-state index contributed by atoms with van der Waals surface area (Å²) >= 11 is 0. The second kappa shape index (κ2) is 6.61. The maximum absolute atomic E-state index is 12.4. The Labute approximate surface area is 125 Å². The lowest BCUT2D eigenvalue weighted by Gasteiger charge is -2.26. The van der Waals surface area contributed by atoms with E-state index in [1.165, 1.54) is 0 Å². The van der Waals surface area contributed by atoms with Gasteiger partial charge < -0.3 is 15.2 Å². The molecular weight excluding hydrogens is 264 g/mol. The van der Waals surface area contributed by atoms with Crippen LogP contribution in [0.5, 0.6) is 0 Å². The van der Waals surface area contributed by atoms with Crippen LogP contribution in [0.25, 0.3) is 11.0 Å². The molecule has 0 aliphatic rings. The van der Waals surface area contributed by atoms with Crippen LogP contribution in [0.4, 0.5) is 10.5 Å². The fourth-order valence-electron chi connectivity index (χ4n) is 2.34. The van der Waals surface area contributed by atoms with E-state index in [1.54, 1.807) is 6.33 Å². The Morgan fingerprint density at radius 2 is 1.90 bits per heavy atom. The Morgan fingerprint density at radius 3 is 2.52 bits per heavy atom. The summed E-state index contributed by atoms with van der Waals surface area (Å²) in [5.41, 5.74) is 2.61. The fraction of sp³-hybridized carbons (Fsp3) is 0.500. The highest BCUT2D eigenvalue weighted by molar-refractivity contribution is 5.91. The van der Waals surface area contributed by atoms with Gasteiger partial charge >= 0.3 is 6.03 Å². The highest BCUT2D eigenvalue weighted by Crippen LogP contribution is 2.16. The van der Waals surface area contributed by atoms with Gasteiger partial charge in [-0.3, -0.25) is 0 Å². The van der Waals surface area contributed by atoms with Gasteiger partial charge in [-0.15, -0.1) is 0 Å². The van der Waals surface area contributed by atoms with Crippen LogP contribution in [0.3, 0.4) is 0 Å². The molecule has 2 amide bonds. The third-order valence-corrected chi connectivity index (χ3v) is 3.13. The number of aromatic nitrogens is 2. The number of rotatable bonds is 5. The van der Waals surface area contributed by atoms with Crippen molar-refractivity contribution in [1.82, 2.24) is 14.9 Å². The molecule has 5 nitrogen and oxygen atoms in total. The number of nitrogens with one attached hydrogen (secondary N) is 2. The molecule has 0 unspecified atom stereocenters. The van der Waals surface area contributed by atoms with Crippen LogP contribution in [0, 0.1) is 11.8 Å². The first-order valence-corrected chi connectivity index (χ1v) is 7.44. The first-order chi connectivity index (χ1) is 9.95. The Kier molecular flexibility index (Phi) is 4.83. The van der Waals surface area contributed by atoms with Gasteiger partial charge in [0.15, 0.2) is 0 Å². The van der Waals surface area contributed by atoms with Gasteiger partial charge in [-0.1, -0.05) is 27.7 Å². The average molecular weight is 288 g/mol. The second-order valence-electron chi connectivity index (χ2n) is 6.26. The van der Waals surface area contributed by atoms with E-state index in [4.69, 9.17) is 0 Å². The van der Waals surface area contributed by atoms with Crippen molar-refractivity contribution in [3.05, 3.63) is 24.5 Å². The second-order valence-corrected chi connectivity index (χ2v) is 6.26. The van der Waals surface area contributed by atoms with Gasteiger partial charge in [0, 0.05) is 18.8 Å². The minimum atomic E-state index is -0.0451. The molecule has 0 aliphatic heterocycles. The van der Waals surface area contributed by atoms with Gasteiger partial charge in [0.2, 0.25) is 0 Å². The molecule has 1 aromatic heterocycles. The number of amides is 2. The number of H-pyrrole nitrogens is 1. The van der Waals surface area contributed by atoms with Crippen LogP contribution in [-0.2, 0) is 0 Å². The van der Waals surface area contributed by atoms with Crippen molar-refractivity contribution in [2.75, 3.05) is 18.4 Å². The summed E-state index contributed by atoms with van der Waals surface area (Å²) in [7, 11) is 0. The molecule has 0 spiro atoms. The van der Waals surface area contributed by atoms with Crippen molar-refractivity contribution in [3.63, 3.8) is 0 Å². The molecule has 0 radical (unpaired) electrons. The Hall–Kier alpha value is -2.04. The predicted octanol–water partition coefficient (Wildman–Crippen LogP) is 3.71. The molecular formula is C16H24N4O. The lowest BCUT2D eigenvalue weighted by atomic mass is 10.1. The highest BCUT2D eigenvalue weighted by Gasteiger charge is 2.16. The van der Waals surface area contributed by atoms with Crippen molar-refractivity contribution >= 4 is 22.8 Å². The number of carbonyl (C=O) groups is 1. The normalized spacial score (nSPS) is 11.3. The van der Waals surface area contributed by atoms with Crippen molar-refractivity contribution < 1.29 is 4.79 Å². The molecule has 0 saturated carbocycles. The van der Waals surface area contributed by atoms with Gasteiger partial charge in [-0.05, 0) is 30.0 Å². The lowest BCUT2D eigenvalue weighted by molar-refractivity contribution is 0.196. The molecule has 2 N–H and O–H groups in total. The van der Waals surface area contributed by atoms with Crippen molar-refractivity contribution in [3.8, 4) is 0 Å². The number of fused-ring (bicyclic) bond motifs is 1. The molecule has 0 fully saturated rings. The maximum atomic E-state index is 12.4. The predicted molar refractivity (Wildman–Crippen MR) is 86.4 cm³/mol. The molecule has 0 atom stereocenters. The van der Waals surface area contributed by atoms with E-state index in [0.717, 1.165) is 29.8 Å². The Balaban J connectivity index is 2.09. The number of hydrogen-bond acceptors (Lipinski definition) is 2. The minimum absolute atomic E-state index is 0.0451. The zero-order valence-electron chi connectivity index (χ0n) is 13.2. The van der Waals surface area contributed by atoms with Crippen molar-refractivity contribution in [2.45, 2.75) is 27.7 Å². The van der Waals surface area contributed by atoms with E-state index < -0.39 is 0 Å². The maximum Gasteiger partial charge on any atom is 0.321 e. The zero-order chi connectivity index (χ0) is 15.4. The average Bonchev–Trinajstić information content (AvgIpc) is 2.84. The fourth-order valence-corrected chi connectivity index (χ4v) is 2.34. The largest absolute Gasteiger partial charge is 0.345 e. The molecule has 2 rings (SSSR count). The molecule has 114 valence electrons. The molecule has 0 saturated heterocycles. The molecule has 0 aliphatic carbocycles. The van der Waals surface area contributed by atoms with Crippen molar-refractivity contribution in [2.24, 2.45) is 11.8 Å². The lowest BCUT2D eigenvalue weighted by Crippen LogP contribution is -2.39. The first kappa shape index (κ1) is 15.4. The molecule has 0 bridgehead atoms. The summed E-state index contributed by atoms with van der Waals surface area (Å²) in [6.07, 6.45) is 1.65. The Morgan fingerprint density at radius 1 is 1.24 bits per heavy atom. The third kappa shape index (κ3) is 4.21. The van der Waals surface area contributed by atoms with Gasteiger partial charge in [-0.2, -0.15) is 0 Å². The number of benzene rings is 1. The van der Waals surface area contributed by atoms with Gasteiger partial charge in [0.05, 0.1) is 17.4 Å². The monoisotopic (exact) mass is 288 g/mol. The number of hydrogen-bond donors (Lipinski definition) is 2. The zero-order valence-corrected chi connectivity index (χ0v) is 13.2. The van der Waals surface area contributed by atoms with E-state index in [9.17, 15) is 4.79 Å². The van der Waals surface area contributed by atoms with E-state index in [0.29, 0.717) is 11.8 Å². The van der Waals surface area contributed by atoms with E-state index in [2.05, 4.69) is 43.0 Å². The molecule has 1 heterocycles. The number of urea groups is 1. The summed E-state index contributed by atoms with van der Waals surface area (Å²) in [5, 5.41) is 2.97. The van der Waals surface area contributed by atoms with Crippen molar-refractivity contribution in [1.29, 1.82) is 0 Å². The summed E-state index contributed by atoms with van der Waals surface area (Å²) in [6, 6.07) is 5.64. The summed E-state index contributed by atoms with van der Waals surface area (Å²) in [5.74, 6) is 0.897. The van der Waals surface area contributed by atoms with E-state index in [1.807, 2.05) is 23.1 Å². The smallest absolute Gasteiger partial charge is 0.321 e. The SMILES string of the molecule is CC(C)CN(CC(C)C)C(=O)Nc1ccc2nc[nH]c2c1. The van der Waals surface area contributed by atoms with Gasteiger partial charge in [0.1, 0.15) is 0 Å². The number of aromatic amines is 1. The summed E-state index contributed by atoms with van der Waals surface area (Å²) in [6.45, 7) is 10.0. The van der Waals surface area contributed by atoms with Gasteiger partial charge in [-0.25, -0.2) is 9.78 Å². The molecule has 5 heteroatoms. The molecule has 2 aromatic rings. The number of anilines is 1. The summed E-state index contributed by atoms with van der Waals surface area (Å²) in [4.78, 5) is 21.6. The third-order valence-electron chi connectivity index (χ3n) is 3.13. The molecule has 1 aromatic carbocycles. The minimum Gasteiger partial charge on any atom is -0.345 e. The highest BCUT2D eigenvalue weighted by atomic mass is 16.2. The van der Waals surface area contributed by atoms with Crippen LogP contribution in [0.15, 0.2) is 24.5 Å². The van der Waals surface area contributed by atoms with E-state index in [-0.39, 0.29) is 6.03 Å². The quantitative estimate of drug-likeness (QED) is 0.881. The van der Waals surface area contributed by atoms with Crippen LogP contribution in [0.1, 0.15) is 27.7 Å². The number of nitrogens with zero attached hydrogens (tertiary/aromatic N) is 2. The van der Waals surface area contributed by atoms with Crippen LogP contribution >= 0.6 is 0 Å². The topological polar surface area (TPSA) is 61.0 Å². The summed E-state index contributed by atoms with van der Waals surface area (Å²) < 4.78 is 0. The molecule has 21 heavy (non-hydrogen) atoms. The number of imidazole rings is 1. The van der Waals surface area contributed by atoms with Crippen LogP contribution in [0.2, 0.25) is 0 Å². The van der Waals surface area contributed by atoms with Gasteiger partial charge in [0.25, 0.3) is 0 Å². The first-order valence-electron chi connectivity index (χ1n) is 7.44. The Bertz CT molecular complexity index is 593. The standard InChI is InChI=1S/C16H24N4O/c1-11(2)8-20(9-12(3)4)16(21)19-13-5-6-14-15(7-13)18-10-17-14/h5-7,10-12H,8-9H2,1-4H3,(H,17,18)(H,19,21). The number of carbonyl (C=O) groups excluding carboxylic acids is 1. The van der Waals surface area contributed by atoms with Crippen LogP contribution < -0.4 is 5.32 Å². The van der Waals surface area contributed by atoms with Crippen LogP contribution in [-0.4, -0.2) is 34.0 Å². The van der Waals surface area contributed by atoms with E-state index >= 15 is 0 Å².